The summed E-state index contributed by atoms with van der Waals surface area (Å²) in [7, 11) is -3.43. The van der Waals surface area contributed by atoms with Gasteiger partial charge in [0.05, 0.1) is 12.0 Å². The summed E-state index contributed by atoms with van der Waals surface area (Å²) in [6.45, 7) is 1.83. The maximum Gasteiger partial charge on any atom is 0.342 e. The van der Waals surface area contributed by atoms with Crippen molar-refractivity contribution in [1.82, 2.24) is 4.72 Å². The molecule has 0 aliphatic carbocycles. The first-order valence-corrected chi connectivity index (χ1v) is 8.34. The van der Waals surface area contributed by atoms with Crippen LogP contribution in [-0.4, -0.2) is 38.6 Å². The molecule has 0 heterocycles. The lowest BCUT2D eigenvalue weighted by Crippen LogP contribution is -2.41. The molecule has 23 heavy (non-hydrogen) atoms. The molecule has 9 heteroatoms. The fourth-order valence-corrected chi connectivity index (χ4v) is 3.35. The summed E-state index contributed by atoms with van der Waals surface area (Å²) in [4.78, 5) is 22.1. The fraction of sp³-hybridized carbons (Fsp3) is 0.429. The van der Waals surface area contributed by atoms with Gasteiger partial charge < -0.3 is 9.84 Å². The Morgan fingerprint density at radius 1 is 1.39 bits per heavy atom. The minimum Gasteiger partial charge on any atom is -0.480 e. The van der Waals surface area contributed by atoms with E-state index in [0.717, 1.165) is 25.3 Å². The van der Waals surface area contributed by atoms with Crippen molar-refractivity contribution in [2.45, 2.75) is 37.1 Å². The Bertz CT molecular complexity index is 689. The van der Waals surface area contributed by atoms with Crippen LogP contribution in [0.1, 0.15) is 36.5 Å². The molecule has 0 aliphatic heterocycles. The predicted octanol–water partition coefficient (Wildman–Crippen LogP) is 1.53. The largest absolute Gasteiger partial charge is 0.480 e. The Kier molecular flexibility index (Phi) is 6.64. The van der Waals surface area contributed by atoms with E-state index in [1.165, 1.54) is 0 Å². The van der Waals surface area contributed by atoms with Crippen molar-refractivity contribution in [2.24, 2.45) is 0 Å². The first-order valence-electron chi connectivity index (χ1n) is 6.86. The highest BCUT2D eigenvalue weighted by molar-refractivity contribution is 7.89. The van der Waals surface area contributed by atoms with Crippen LogP contribution >= 0.6 is 0 Å². The fourth-order valence-electron chi connectivity index (χ4n) is 1.92. The van der Waals surface area contributed by atoms with Crippen molar-refractivity contribution in [2.75, 3.05) is 7.11 Å². The molecule has 0 aliphatic rings. The molecule has 0 saturated heterocycles. The number of sulfonamides is 1. The van der Waals surface area contributed by atoms with E-state index >= 15 is 0 Å². The number of halogens is 1. The Labute approximate surface area is 133 Å². The van der Waals surface area contributed by atoms with Crippen LogP contribution in [0.3, 0.4) is 0 Å². The van der Waals surface area contributed by atoms with Crippen LogP contribution in [0.25, 0.3) is 0 Å². The van der Waals surface area contributed by atoms with Gasteiger partial charge in [0.1, 0.15) is 17.4 Å². The Morgan fingerprint density at radius 2 is 2.04 bits per heavy atom. The summed E-state index contributed by atoms with van der Waals surface area (Å²) in [5.74, 6) is -3.58. The standard InChI is InChI=1S/C14H18FNO6S/c1-3-4-7-10(13(17)18)16-23(20,21)11-8-5-6-9(15)12(11)14(19)22-2/h5-6,8,10,16H,3-4,7H2,1-2H3,(H,17,18). The first-order chi connectivity index (χ1) is 10.7. The minimum absolute atomic E-state index is 0.0773. The second-order valence-corrected chi connectivity index (χ2v) is 6.44. The van der Waals surface area contributed by atoms with Gasteiger partial charge in [-0.25, -0.2) is 17.6 Å². The van der Waals surface area contributed by atoms with Crippen molar-refractivity contribution in [3.63, 3.8) is 0 Å². The van der Waals surface area contributed by atoms with Gasteiger partial charge in [-0.1, -0.05) is 25.8 Å². The molecule has 0 radical (unpaired) electrons. The zero-order valence-electron chi connectivity index (χ0n) is 12.7. The number of nitrogens with one attached hydrogen (secondary N) is 1. The van der Waals surface area contributed by atoms with E-state index in [-0.39, 0.29) is 6.42 Å². The molecule has 0 saturated carbocycles. The highest BCUT2D eigenvalue weighted by atomic mass is 32.2. The smallest absolute Gasteiger partial charge is 0.342 e. The molecule has 0 bridgehead atoms. The molecule has 2 N–H and O–H groups in total. The normalized spacial score (nSPS) is 12.7. The number of esters is 1. The van der Waals surface area contributed by atoms with Crippen molar-refractivity contribution in [1.29, 1.82) is 0 Å². The number of carbonyl (C=O) groups excluding carboxylic acids is 1. The van der Waals surface area contributed by atoms with Crippen molar-refractivity contribution >= 4 is 22.0 Å². The topological polar surface area (TPSA) is 110 Å². The highest BCUT2D eigenvalue weighted by Gasteiger charge is 2.30. The summed E-state index contributed by atoms with van der Waals surface area (Å²) in [5.41, 5.74) is -0.762. The van der Waals surface area contributed by atoms with Crippen LogP contribution < -0.4 is 4.72 Å². The van der Waals surface area contributed by atoms with Crippen molar-refractivity contribution < 1.29 is 32.2 Å². The van der Waals surface area contributed by atoms with Gasteiger partial charge in [0.15, 0.2) is 0 Å². The second kappa shape index (κ2) is 8.02. The van der Waals surface area contributed by atoms with Crippen molar-refractivity contribution in [3.05, 3.63) is 29.6 Å². The van der Waals surface area contributed by atoms with E-state index in [4.69, 9.17) is 5.11 Å². The quantitative estimate of drug-likeness (QED) is 0.690. The number of hydrogen-bond acceptors (Lipinski definition) is 5. The SMILES string of the molecule is CCCCC(NS(=O)(=O)c1cccc(F)c1C(=O)OC)C(=O)O. The van der Waals surface area contributed by atoms with Crippen LogP contribution in [0, 0.1) is 5.82 Å². The van der Waals surface area contributed by atoms with E-state index in [1.807, 2.05) is 11.6 Å². The number of unbranched alkanes of at least 4 members (excludes halogenated alkanes) is 1. The van der Waals surface area contributed by atoms with Crippen LogP contribution in [0.4, 0.5) is 4.39 Å². The molecule has 1 rings (SSSR count). The van der Waals surface area contributed by atoms with Gasteiger partial charge in [-0.05, 0) is 18.6 Å². The Balaban J connectivity index is 3.25. The molecule has 7 nitrogen and oxygen atoms in total. The van der Waals surface area contributed by atoms with Gasteiger partial charge in [0.25, 0.3) is 0 Å². The molecule has 0 amide bonds. The average molecular weight is 347 g/mol. The maximum atomic E-state index is 13.8. The lowest BCUT2D eigenvalue weighted by molar-refractivity contribution is -0.139. The molecular weight excluding hydrogens is 329 g/mol. The third kappa shape index (κ3) is 4.73. The maximum absolute atomic E-state index is 13.8. The number of carboxylic acids is 1. The zero-order chi connectivity index (χ0) is 17.6. The molecular formula is C14H18FNO6S. The van der Waals surface area contributed by atoms with Gasteiger partial charge in [0.2, 0.25) is 10.0 Å². The van der Waals surface area contributed by atoms with E-state index in [0.29, 0.717) is 12.8 Å². The molecule has 1 unspecified atom stereocenters. The summed E-state index contributed by atoms with van der Waals surface area (Å²) >= 11 is 0. The van der Waals surface area contributed by atoms with Crippen LogP contribution in [-0.2, 0) is 19.6 Å². The lowest BCUT2D eigenvalue weighted by Gasteiger charge is -2.16. The van der Waals surface area contributed by atoms with Crippen LogP contribution in [0.5, 0.6) is 0 Å². The van der Waals surface area contributed by atoms with E-state index in [9.17, 15) is 22.4 Å². The molecule has 1 aromatic rings. The van der Waals surface area contributed by atoms with E-state index in [1.54, 1.807) is 0 Å². The predicted molar refractivity (Wildman–Crippen MR) is 79.0 cm³/mol. The summed E-state index contributed by atoms with van der Waals surface area (Å²) in [6.07, 6.45) is 1.25. The first kappa shape index (κ1) is 19.0. The average Bonchev–Trinajstić information content (AvgIpc) is 2.50. The number of methoxy groups -OCH3 is 1. The minimum atomic E-state index is -4.41. The second-order valence-electron chi connectivity index (χ2n) is 4.76. The van der Waals surface area contributed by atoms with Gasteiger partial charge in [-0.15, -0.1) is 0 Å². The number of benzene rings is 1. The Morgan fingerprint density at radius 3 is 2.57 bits per heavy atom. The summed E-state index contributed by atoms with van der Waals surface area (Å²) < 4.78 is 44.9. The number of rotatable bonds is 8. The number of ether oxygens (including phenoxy) is 1. The number of carbonyl (C=O) groups is 2. The lowest BCUT2D eigenvalue weighted by atomic mass is 10.1. The molecule has 0 aromatic heterocycles. The third-order valence-electron chi connectivity index (χ3n) is 3.10. The number of aliphatic carboxylic acids is 1. The highest BCUT2D eigenvalue weighted by Crippen LogP contribution is 2.20. The monoisotopic (exact) mass is 347 g/mol. The van der Waals surface area contributed by atoms with Gasteiger partial charge in [-0.2, -0.15) is 4.72 Å². The summed E-state index contributed by atoms with van der Waals surface area (Å²) in [6, 6.07) is 1.67. The van der Waals surface area contributed by atoms with Crippen LogP contribution in [0.2, 0.25) is 0 Å². The molecule has 1 atom stereocenters. The Hall–Kier alpha value is -2.00. The third-order valence-corrected chi connectivity index (χ3v) is 4.61. The molecule has 0 fully saturated rings. The molecule has 1 aromatic carbocycles. The number of carboxylic acid groups (broad SMARTS) is 1. The van der Waals surface area contributed by atoms with Crippen LogP contribution in [0.15, 0.2) is 23.1 Å². The van der Waals surface area contributed by atoms with E-state index < -0.39 is 44.3 Å². The molecule has 0 spiro atoms. The van der Waals surface area contributed by atoms with E-state index in [2.05, 4.69) is 4.74 Å². The molecule has 128 valence electrons. The van der Waals surface area contributed by atoms with Crippen molar-refractivity contribution in [3.8, 4) is 0 Å². The van der Waals surface area contributed by atoms with Gasteiger partial charge >= 0.3 is 11.9 Å². The summed E-state index contributed by atoms with van der Waals surface area (Å²) in [5, 5.41) is 9.10. The number of hydrogen-bond donors (Lipinski definition) is 2. The van der Waals surface area contributed by atoms with Gasteiger partial charge in [-0.3, -0.25) is 4.79 Å². The zero-order valence-corrected chi connectivity index (χ0v) is 13.5. The van der Waals surface area contributed by atoms with Gasteiger partial charge in [0, 0.05) is 0 Å².